The lowest BCUT2D eigenvalue weighted by Crippen LogP contribution is -2.38. The van der Waals surface area contributed by atoms with Gasteiger partial charge in [0.1, 0.15) is 18.1 Å². The summed E-state index contributed by atoms with van der Waals surface area (Å²) in [5.74, 6) is 0.991. The molecule has 1 aromatic heterocycles. The second-order valence-corrected chi connectivity index (χ2v) is 5.92. The lowest BCUT2D eigenvalue weighted by molar-refractivity contribution is -0.123. The third kappa shape index (κ3) is 5.88. The number of hydrogen-bond acceptors (Lipinski definition) is 5. The van der Waals surface area contributed by atoms with Crippen LogP contribution < -0.4 is 20.3 Å². The molecule has 0 saturated carbocycles. The molecule has 1 amide bonds. The molecule has 6 heteroatoms. The molecule has 28 heavy (non-hydrogen) atoms. The molecule has 3 aromatic rings. The average Bonchev–Trinajstić information content (AvgIpc) is 2.76. The maximum atomic E-state index is 11.9. The standard InChI is InChI=1S/C22H21N3O3/c1-17(19-11-13-23-14-12-19)24-25-22(26)16-28-21-9-7-20(8-10-21)27-15-18-5-3-2-4-6-18/h2-14,24H,1,15-16H2,(H,25,26). The van der Waals surface area contributed by atoms with Gasteiger partial charge in [-0.05, 0) is 42.0 Å². The number of carbonyl (C=O) groups is 1. The van der Waals surface area contributed by atoms with Crippen LogP contribution in [0.25, 0.3) is 5.70 Å². The minimum atomic E-state index is -0.320. The lowest BCUT2D eigenvalue weighted by atomic mass is 10.2. The van der Waals surface area contributed by atoms with Crippen molar-refractivity contribution in [1.29, 1.82) is 0 Å². The van der Waals surface area contributed by atoms with Crippen LogP contribution in [0.2, 0.25) is 0 Å². The molecule has 6 nitrogen and oxygen atoms in total. The van der Waals surface area contributed by atoms with Gasteiger partial charge in [-0.2, -0.15) is 0 Å². The van der Waals surface area contributed by atoms with Crippen LogP contribution in [0, 0.1) is 0 Å². The highest BCUT2D eigenvalue weighted by Gasteiger charge is 2.04. The van der Waals surface area contributed by atoms with Gasteiger partial charge in [0, 0.05) is 18.0 Å². The number of hydrazine groups is 1. The number of rotatable bonds is 9. The number of nitrogens with one attached hydrogen (secondary N) is 2. The molecular weight excluding hydrogens is 354 g/mol. The van der Waals surface area contributed by atoms with Gasteiger partial charge in [-0.25, -0.2) is 0 Å². The number of hydrogen-bond donors (Lipinski definition) is 2. The van der Waals surface area contributed by atoms with E-state index in [-0.39, 0.29) is 12.5 Å². The summed E-state index contributed by atoms with van der Waals surface area (Å²) in [5, 5.41) is 0. The zero-order chi connectivity index (χ0) is 19.6. The number of benzene rings is 2. The highest BCUT2D eigenvalue weighted by atomic mass is 16.5. The first-order valence-electron chi connectivity index (χ1n) is 8.74. The minimum absolute atomic E-state index is 0.124. The Morgan fingerprint density at radius 3 is 2.18 bits per heavy atom. The first kappa shape index (κ1) is 19.0. The monoisotopic (exact) mass is 375 g/mol. The van der Waals surface area contributed by atoms with Crippen molar-refractivity contribution in [2.75, 3.05) is 6.61 Å². The number of pyridine rings is 1. The zero-order valence-electron chi connectivity index (χ0n) is 15.3. The van der Waals surface area contributed by atoms with Crippen molar-refractivity contribution in [2.24, 2.45) is 0 Å². The van der Waals surface area contributed by atoms with Gasteiger partial charge in [0.15, 0.2) is 6.61 Å². The first-order valence-corrected chi connectivity index (χ1v) is 8.74. The predicted octanol–water partition coefficient (Wildman–Crippen LogP) is 3.33. The molecule has 0 fully saturated rings. The highest BCUT2D eigenvalue weighted by molar-refractivity contribution is 5.78. The number of nitrogens with zero attached hydrogens (tertiary/aromatic N) is 1. The normalized spacial score (nSPS) is 10.0. The maximum Gasteiger partial charge on any atom is 0.276 e. The quantitative estimate of drug-likeness (QED) is 0.561. The van der Waals surface area contributed by atoms with E-state index in [1.54, 1.807) is 48.8 Å². The largest absolute Gasteiger partial charge is 0.489 e. The topological polar surface area (TPSA) is 72.5 Å². The summed E-state index contributed by atoms with van der Waals surface area (Å²) >= 11 is 0. The smallest absolute Gasteiger partial charge is 0.276 e. The van der Waals surface area contributed by atoms with Crippen LogP contribution >= 0.6 is 0 Å². The van der Waals surface area contributed by atoms with Crippen molar-refractivity contribution >= 4 is 11.6 Å². The van der Waals surface area contributed by atoms with Crippen LogP contribution in [0.5, 0.6) is 11.5 Å². The SMILES string of the molecule is C=C(NNC(=O)COc1ccc(OCc2ccccc2)cc1)c1ccncc1. The third-order valence-corrected chi connectivity index (χ3v) is 3.82. The summed E-state index contributed by atoms with van der Waals surface area (Å²) in [6, 6.07) is 20.6. The molecule has 2 aromatic carbocycles. The van der Waals surface area contributed by atoms with Crippen molar-refractivity contribution in [3.63, 3.8) is 0 Å². The van der Waals surface area contributed by atoms with Crippen LogP contribution in [0.4, 0.5) is 0 Å². The Morgan fingerprint density at radius 2 is 1.50 bits per heavy atom. The van der Waals surface area contributed by atoms with Gasteiger partial charge < -0.3 is 9.47 Å². The predicted molar refractivity (Wildman–Crippen MR) is 107 cm³/mol. The molecule has 0 bridgehead atoms. The van der Waals surface area contributed by atoms with Crippen molar-refractivity contribution in [1.82, 2.24) is 15.8 Å². The average molecular weight is 375 g/mol. The lowest BCUT2D eigenvalue weighted by Gasteiger charge is -2.12. The molecule has 0 radical (unpaired) electrons. The molecule has 0 atom stereocenters. The van der Waals surface area contributed by atoms with Crippen LogP contribution in [0.3, 0.4) is 0 Å². The van der Waals surface area contributed by atoms with E-state index in [0.29, 0.717) is 18.1 Å². The van der Waals surface area contributed by atoms with Gasteiger partial charge in [-0.3, -0.25) is 20.6 Å². The maximum absolute atomic E-state index is 11.9. The van der Waals surface area contributed by atoms with Crippen molar-refractivity contribution in [3.8, 4) is 11.5 Å². The fourth-order valence-corrected chi connectivity index (χ4v) is 2.33. The minimum Gasteiger partial charge on any atom is -0.489 e. The van der Waals surface area contributed by atoms with E-state index < -0.39 is 0 Å². The van der Waals surface area contributed by atoms with Gasteiger partial charge in [-0.15, -0.1) is 0 Å². The number of amides is 1. The molecule has 142 valence electrons. The Labute approximate surface area is 163 Å². The summed E-state index contributed by atoms with van der Waals surface area (Å²) in [6.45, 7) is 4.23. The van der Waals surface area contributed by atoms with Crippen molar-refractivity contribution in [3.05, 3.63) is 96.8 Å². The molecule has 0 saturated heterocycles. The van der Waals surface area contributed by atoms with Gasteiger partial charge >= 0.3 is 0 Å². The Hall–Kier alpha value is -3.80. The second kappa shape index (κ2) is 9.78. The Bertz CT molecular complexity index is 897. The first-order chi connectivity index (χ1) is 13.7. The van der Waals surface area contributed by atoms with Gasteiger partial charge in [0.05, 0.1) is 5.70 Å². The van der Waals surface area contributed by atoms with Crippen LogP contribution in [0.15, 0.2) is 85.7 Å². The van der Waals surface area contributed by atoms with E-state index in [9.17, 15) is 4.79 Å². The molecule has 0 aliphatic heterocycles. The Balaban J connectivity index is 1.39. The summed E-state index contributed by atoms with van der Waals surface area (Å²) in [7, 11) is 0. The number of carbonyl (C=O) groups excluding carboxylic acids is 1. The van der Waals surface area contributed by atoms with E-state index in [1.165, 1.54) is 0 Å². The number of ether oxygens (including phenoxy) is 2. The summed E-state index contributed by atoms with van der Waals surface area (Å²) in [5.41, 5.74) is 7.80. The molecule has 2 N–H and O–H groups in total. The van der Waals surface area contributed by atoms with Crippen LogP contribution in [-0.4, -0.2) is 17.5 Å². The fourth-order valence-electron chi connectivity index (χ4n) is 2.33. The van der Waals surface area contributed by atoms with Crippen LogP contribution in [0.1, 0.15) is 11.1 Å². The molecule has 0 spiro atoms. The number of aromatic nitrogens is 1. The third-order valence-electron chi connectivity index (χ3n) is 3.82. The van der Waals surface area contributed by atoms with E-state index in [0.717, 1.165) is 16.9 Å². The van der Waals surface area contributed by atoms with E-state index in [4.69, 9.17) is 9.47 Å². The summed E-state index contributed by atoms with van der Waals surface area (Å²) < 4.78 is 11.2. The van der Waals surface area contributed by atoms with Gasteiger partial charge in [0.25, 0.3) is 5.91 Å². The molecule has 3 rings (SSSR count). The molecule has 0 aliphatic rings. The Morgan fingerprint density at radius 1 is 0.857 bits per heavy atom. The second-order valence-electron chi connectivity index (χ2n) is 5.92. The summed E-state index contributed by atoms with van der Waals surface area (Å²) in [4.78, 5) is 15.8. The van der Waals surface area contributed by atoms with Gasteiger partial charge in [-0.1, -0.05) is 36.9 Å². The zero-order valence-corrected chi connectivity index (χ0v) is 15.3. The van der Waals surface area contributed by atoms with Crippen molar-refractivity contribution in [2.45, 2.75) is 6.61 Å². The van der Waals surface area contributed by atoms with E-state index in [1.807, 2.05) is 30.3 Å². The summed E-state index contributed by atoms with van der Waals surface area (Å²) in [6.07, 6.45) is 3.31. The molecule has 1 heterocycles. The molecular formula is C22H21N3O3. The van der Waals surface area contributed by atoms with Crippen molar-refractivity contribution < 1.29 is 14.3 Å². The Kier molecular flexibility index (Phi) is 6.62. The van der Waals surface area contributed by atoms with Gasteiger partial charge in [0.2, 0.25) is 0 Å². The van der Waals surface area contributed by atoms with E-state index in [2.05, 4.69) is 22.4 Å². The molecule has 0 unspecified atom stereocenters. The van der Waals surface area contributed by atoms with Crippen LogP contribution in [-0.2, 0) is 11.4 Å². The molecule has 0 aliphatic carbocycles. The van der Waals surface area contributed by atoms with E-state index >= 15 is 0 Å². The highest BCUT2D eigenvalue weighted by Crippen LogP contribution is 2.18. The fraction of sp³-hybridized carbons (Fsp3) is 0.0909.